The van der Waals surface area contributed by atoms with E-state index in [1.54, 1.807) is 6.07 Å². The molecule has 1 amide bonds. The molecule has 0 atom stereocenters. The summed E-state index contributed by atoms with van der Waals surface area (Å²) in [6, 6.07) is 7.71. The van der Waals surface area contributed by atoms with E-state index in [4.69, 9.17) is 10.2 Å². The van der Waals surface area contributed by atoms with Crippen LogP contribution >= 0.6 is 24.8 Å². The van der Waals surface area contributed by atoms with Crippen LogP contribution in [0.4, 0.5) is 0 Å². The Kier molecular flexibility index (Phi) is 7.26. The number of rotatable bonds is 4. The molecular weight excluding hydrogens is 389 g/mol. The Labute approximate surface area is 169 Å². The average Bonchev–Trinajstić information content (AvgIpc) is 3.28. The second-order valence-electron chi connectivity index (χ2n) is 6.27. The molecular formula is C18H23Cl2N5O2. The lowest BCUT2D eigenvalue weighted by atomic mass is 10.2. The van der Waals surface area contributed by atoms with E-state index in [1.807, 2.05) is 33.7 Å². The van der Waals surface area contributed by atoms with E-state index in [2.05, 4.69) is 16.1 Å². The first-order valence-corrected chi connectivity index (χ1v) is 8.44. The van der Waals surface area contributed by atoms with Crippen molar-refractivity contribution in [1.82, 2.24) is 19.2 Å². The molecule has 4 heterocycles. The molecule has 0 saturated carbocycles. The highest BCUT2D eigenvalue weighted by Crippen LogP contribution is 2.14. The van der Waals surface area contributed by atoms with Crippen molar-refractivity contribution < 1.29 is 9.21 Å². The van der Waals surface area contributed by atoms with Gasteiger partial charge >= 0.3 is 0 Å². The SMILES string of the molecule is Cl.Cl.NCc1cc(C(=O)N2CCN(Cc3cn4ccccc4n3)CC2)co1. The monoisotopic (exact) mass is 411 g/mol. The molecule has 9 heteroatoms. The van der Waals surface area contributed by atoms with Crippen LogP contribution in [0.1, 0.15) is 21.8 Å². The van der Waals surface area contributed by atoms with Crippen molar-refractivity contribution in [3.8, 4) is 0 Å². The molecule has 0 aromatic carbocycles. The molecule has 1 aliphatic rings. The molecule has 0 radical (unpaired) electrons. The second kappa shape index (κ2) is 9.23. The van der Waals surface area contributed by atoms with Crippen molar-refractivity contribution >= 4 is 36.4 Å². The number of furan rings is 1. The Morgan fingerprint density at radius 1 is 1.19 bits per heavy atom. The van der Waals surface area contributed by atoms with Gasteiger partial charge in [0.25, 0.3) is 5.91 Å². The minimum Gasteiger partial charge on any atom is -0.467 e. The van der Waals surface area contributed by atoms with Gasteiger partial charge in [-0.2, -0.15) is 0 Å². The number of carbonyl (C=O) groups is 1. The summed E-state index contributed by atoms with van der Waals surface area (Å²) in [6.45, 7) is 4.18. The molecule has 146 valence electrons. The van der Waals surface area contributed by atoms with Gasteiger partial charge in [0.05, 0.1) is 17.8 Å². The number of hydrogen-bond acceptors (Lipinski definition) is 5. The number of fused-ring (bicyclic) bond motifs is 1. The largest absolute Gasteiger partial charge is 0.467 e. The zero-order valence-electron chi connectivity index (χ0n) is 14.8. The number of amides is 1. The lowest BCUT2D eigenvalue weighted by Gasteiger charge is -2.34. The first kappa shape index (κ1) is 21.2. The summed E-state index contributed by atoms with van der Waals surface area (Å²) in [4.78, 5) is 21.3. The highest BCUT2D eigenvalue weighted by Gasteiger charge is 2.23. The number of nitrogens with zero attached hydrogens (tertiary/aromatic N) is 4. The van der Waals surface area contributed by atoms with Crippen LogP contribution in [-0.2, 0) is 13.1 Å². The minimum absolute atomic E-state index is 0. The number of halogens is 2. The number of nitrogens with two attached hydrogens (primary N) is 1. The summed E-state index contributed by atoms with van der Waals surface area (Å²) in [5.41, 5.74) is 8.12. The maximum absolute atomic E-state index is 12.5. The van der Waals surface area contributed by atoms with Crippen LogP contribution in [0, 0.1) is 0 Å². The number of hydrogen-bond donors (Lipinski definition) is 1. The summed E-state index contributed by atoms with van der Waals surface area (Å²) in [5.74, 6) is 0.643. The van der Waals surface area contributed by atoms with E-state index < -0.39 is 0 Å². The lowest BCUT2D eigenvalue weighted by molar-refractivity contribution is 0.0626. The molecule has 0 aliphatic carbocycles. The van der Waals surface area contributed by atoms with Crippen molar-refractivity contribution in [2.45, 2.75) is 13.1 Å². The molecule has 0 spiro atoms. The van der Waals surface area contributed by atoms with E-state index in [0.29, 0.717) is 31.0 Å². The van der Waals surface area contributed by atoms with Gasteiger partial charge in [0.1, 0.15) is 17.7 Å². The van der Waals surface area contributed by atoms with Gasteiger partial charge in [-0.05, 0) is 18.2 Å². The van der Waals surface area contributed by atoms with Crippen molar-refractivity contribution in [1.29, 1.82) is 0 Å². The summed E-state index contributed by atoms with van der Waals surface area (Å²) in [7, 11) is 0. The fraction of sp³-hybridized carbons (Fsp3) is 0.333. The normalized spacial score (nSPS) is 14.6. The van der Waals surface area contributed by atoms with E-state index in [9.17, 15) is 4.79 Å². The third-order valence-electron chi connectivity index (χ3n) is 4.56. The fourth-order valence-corrected chi connectivity index (χ4v) is 3.18. The van der Waals surface area contributed by atoms with Gasteiger partial charge in [0.2, 0.25) is 0 Å². The standard InChI is InChI=1S/C18H21N5O2.2ClH/c19-10-16-9-14(13-25-16)18(24)22-7-5-21(6-8-22)11-15-12-23-4-2-1-3-17(23)20-15;;/h1-4,9,12-13H,5-8,10-11,19H2;2*1H. The van der Waals surface area contributed by atoms with E-state index >= 15 is 0 Å². The van der Waals surface area contributed by atoms with Crippen LogP contribution in [0.25, 0.3) is 5.65 Å². The predicted octanol–water partition coefficient (Wildman–Crippen LogP) is 2.19. The predicted molar refractivity (Wildman–Crippen MR) is 107 cm³/mol. The smallest absolute Gasteiger partial charge is 0.257 e. The van der Waals surface area contributed by atoms with Crippen molar-refractivity contribution in [2.75, 3.05) is 26.2 Å². The first-order valence-electron chi connectivity index (χ1n) is 8.44. The summed E-state index contributed by atoms with van der Waals surface area (Å²) >= 11 is 0. The Bertz CT molecular complexity index is 854. The third kappa shape index (κ3) is 4.62. The minimum atomic E-state index is 0. The van der Waals surface area contributed by atoms with Crippen molar-refractivity contribution in [2.24, 2.45) is 5.73 Å². The zero-order valence-corrected chi connectivity index (χ0v) is 16.4. The van der Waals surface area contributed by atoms with Gasteiger partial charge in [-0.25, -0.2) is 4.98 Å². The molecule has 1 aliphatic heterocycles. The average molecular weight is 412 g/mol. The number of piperazine rings is 1. The lowest BCUT2D eigenvalue weighted by Crippen LogP contribution is -2.48. The molecule has 27 heavy (non-hydrogen) atoms. The summed E-state index contributed by atoms with van der Waals surface area (Å²) in [5, 5.41) is 0. The van der Waals surface area contributed by atoms with Gasteiger partial charge in [0.15, 0.2) is 0 Å². The number of pyridine rings is 1. The Morgan fingerprint density at radius 3 is 2.63 bits per heavy atom. The molecule has 2 N–H and O–H groups in total. The summed E-state index contributed by atoms with van der Waals surface area (Å²) < 4.78 is 7.29. The molecule has 0 unspecified atom stereocenters. The van der Waals surface area contributed by atoms with Crippen LogP contribution in [0.2, 0.25) is 0 Å². The number of carbonyl (C=O) groups excluding carboxylic acids is 1. The van der Waals surface area contributed by atoms with Crippen LogP contribution < -0.4 is 5.73 Å². The Morgan fingerprint density at radius 2 is 1.96 bits per heavy atom. The maximum Gasteiger partial charge on any atom is 0.257 e. The van der Waals surface area contributed by atoms with Crippen LogP contribution in [0.3, 0.4) is 0 Å². The first-order chi connectivity index (χ1) is 12.2. The Hall–Kier alpha value is -2.06. The van der Waals surface area contributed by atoms with Gasteiger partial charge in [-0.1, -0.05) is 6.07 Å². The van der Waals surface area contributed by atoms with E-state index in [0.717, 1.165) is 31.0 Å². The van der Waals surface area contributed by atoms with E-state index in [-0.39, 0.29) is 30.7 Å². The number of imidazole rings is 1. The Balaban J connectivity index is 0.00000131. The maximum atomic E-state index is 12.5. The molecule has 3 aromatic heterocycles. The van der Waals surface area contributed by atoms with Crippen molar-refractivity contribution in [3.63, 3.8) is 0 Å². The molecule has 0 bridgehead atoms. The van der Waals surface area contributed by atoms with E-state index in [1.165, 1.54) is 6.26 Å². The van der Waals surface area contributed by atoms with Gasteiger partial charge in [-0.15, -0.1) is 24.8 Å². The molecule has 1 fully saturated rings. The topological polar surface area (TPSA) is 80.0 Å². The van der Waals surface area contributed by atoms with Gasteiger partial charge in [0, 0.05) is 45.1 Å². The van der Waals surface area contributed by atoms with Crippen molar-refractivity contribution in [3.05, 3.63) is 59.9 Å². The molecule has 7 nitrogen and oxygen atoms in total. The molecule has 4 rings (SSSR count). The zero-order chi connectivity index (χ0) is 17.2. The van der Waals surface area contributed by atoms with Gasteiger partial charge < -0.3 is 19.5 Å². The third-order valence-corrected chi connectivity index (χ3v) is 4.56. The quantitative estimate of drug-likeness (QED) is 0.711. The fourth-order valence-electron chi connectivity index (χ4n) is 3.18. The van der Waals surface area contributed by atoms with Crippen LogP contribution in [-0.4, -0.2) is 51.3 Å². The molecule has 3 aromatic rings. The van der Waals surface area contributed by atoms with Crippen LogP contribution in [0.5, 0.6) is 0 Å². The molecule has 1 saturated heterocycles. The van der Waals surface area contributed by atoms with Crippen LogP contribution in [0.15, 0.2) is 47.3 Å². The highest BCUT2D eigenvalue weighted by molar-refractivity contribution is 5.94. The number of aromatic nitrogens is 2. The summed E-state index contributed by atoms with van der Waals surface area (Å²) in [6.07, 6.45) is 5.56. The second-order valence-corrected chi connectivity index (χ2v) is 6.27. The van der Waals surface area contributed by atoms with Gasteiger partial charge in [-0.3, -0.25) is 9.69 Å². The highest BCUT2D eigenvalue weighted by atomic mass is 35.5.